The lowest BCUT2D eigenvalue weighted by molar-refractivity contribution is 1.62. The van der Waals surface area contributed by atoms with E-state index < -0.39 is 0 Å². The van der Waals surface area contributed by atoms with Crippen molar-refractivity contribution in [2.24, 2.45) is 0 Å². The van der Waals surface area contributed by atoms with E-state index in [2.05, 4.69) is 91.5 Å². The molecule has 0 spiro atoms. The molecule has 0 radical (unpaired) electrons. The molecule has 0 atom stereocenters. The third kappa shape index (κ3) is 2.75. The second-order valence-corrected chi connectivity index (χ2v) is 5.98. The fraction of sp³-hybridized carbons (Fsp3) is 0. The first kappa shape index (κ1) is 14.5. The minimum Gasteiger partial charge on any atom is -0.0991 e. The van der Waals surface area contributed by atoms with Gasteiger partial charge in [-0.25, -0.2) is 0 Å². The van der Waals surface area contributed by atoms with Crippen molar-refractivity contribution in [2.75, 3.05) is 0 Å². The molecule has 4 rings (SSSR count). The topological polar surface area (TPSA) is 0 Å². The van der Waals surface area contributed by atoms with Gasteiger partial charge < -0.3 is 0 Å². The fourth-order valence-electron chi connectivity index (χ4n) is 3.09. The fourth-order valence-corrected chi connectivity index (χ4v) is 3.09. The van der Waals surface area contributed by atoms with Crippen LogP contribution in [0.1, 0.15) is 5.56 Å². The molecule has 0 heteroatoms. The average molecular weight is 306 g/mol. The number of hydrogen-bond acceptors (Lipinski definition) is 0. The third-order valence-electron chi connectivity index (χ3n) is 4.37. The lowest BCUT2D eigenvalue weighted by Crippen LogP contribution is -1.81. The Bertz CT molecular complexity index is 1050. The normalized spacial score (nSPS) is 11.3. The van der Waals surface area contributed by atoms with Gasteiger partial charge in [0.25, 0.3) is 0 Å². The summed E-state index contributed by atoms with van der Waals surface area (Å²) in [5, 5.41) is 5.13. The van der Waals surface area contributed by atoms with E-state index in [4.69, 9.17) is 0 Å². The average Bonchev–Trinajstić information content (AvgIpc) is 2.64. The molecule has 0 saturated carbocycles. The van der Waals surface area contributed by atoms with Gasteiger partial charge in [0.1, 0.15) is 0 Å². The van der Waals surface area contributed by atoms with Crippen LogP contribution in [0.25, 0.3) is 38.7 Å². The summed E-state index contributed by atoms with van der Waals surface area (Å²) in [4.78, 5) is 0. The van der Waals surface area contributed by atoms with Crippen molar-refractivity contribution in [1.29, 1.82) is 0 Å². The quantitative estimate of drug-likeness (QED) is 0.286. The lowest BCUT2D eigenvalue weighted by atomic mass is 9.98. The second-order valence-electron chi connectivity index (χ2n) is 5.98. The van der Waals surface area contributed by atoms with E-state index in [0.29, 0.717) is 0 Å². The van der Waals surface area contributed by atoms with Crippen molar-refractivity contribution in [3.05, 3.63) is 103 Å². The summed E-state index contributed by atoms with van der Waals surface area (Å²) in [6.07, 6.45) is 5.81. The summed E-state index contributed by atoms with van der Waals surface area (Å²) in [6.45, 7) is 3.70. The molecule has 0 saturated heterocycles. The zero-order valence-electron chi connectivity index (χ0n) is 13.4. The van der Waals surface area contributed by atoms with Crippen molar-refractivity contribution in [2.45, 2.75) is 0 Å². The van der Waals surface area contributed by atoms with Crippen LogP contribution in [0.5, 0.6) is 0 Å². The standard InChI is InChI=1S/C24H18/c1-2-3-6-18-9-11-19(12-10-18)22-13-14-23-15-20-7-4-5-8-21(20)16-24(23)17-22/h2-17H,1H2. The molecule has 24 heavy (non-hydrogen) atoms. The molecule has 0 fully saturated rings. The largest absolute Gasteiger partial charge is 0.0991 e. The summed E-state index contributed by atoms with van der Waals surface area (Å²) in [6, 6.07) is 28.4. The lowest BCUT2D eigenvalue weighted by Gasteiger charge is -2.07. The van der Waals surface area contributed by atoms with Crippen LogP contribution < -0.4 is 0 Å². The predicted molar refractivity (Wildman–Crippen MR) is 106 cm³/mol. The highest BCUT2D eigenvalue weighted by atomic mass is 14.1. The van der Waals surface area contributed by atoms with Gasteiger partial charge in [0.05, 0.1) is 0 Å². The number of fused-ring (bicyclic) bond motifs is 2. The Hall–Kier alpha value is -3.12. The number of hydrogen-bond donors (Lipinski definition) is 0. The molecule has 114 valence electrons. The minimum atomic E-state index is 1.19. The van der Waals surface area contributed by atoms with E-state index in [0.717, 1.165) is 0 Å². The predicted octanol–water partition coefficient (Wildman–Crippen LogP) is 6.86. The molecule has 0 nitrogen and oxygen atoms in total. The Morgan fingerprint density at radius 1 is 0.583 bits per heavy atom. The van der Waals surface area contributed by atoms with Gasteiger partial charge in [-0.3, -0.25) is 0 Å². The zero-order valence-corrected chi connectivity index (χ0v) is 13.4. The summed E-state index contributed by atoms with van der Waals surface area (Å²) in [5.74, 6) is 0. The summed E-state index contributed by atoms with van der Waals surface area (Å²) in [7, 11) is 0. The molecule has 4 aromatic rings. The maximum absolute atomic E-state index is 3.70. The van der Waals surface area contributed by atoms with E-state index in [1.165, 1.54) is 38.2 Å². The molecule has 0 amide bonds. The van der Waals surface area contributed by atoms with Crippen LogP contribution in [0.15, 0.2) is 97.6 Å². The molecule has 0 aromatic heterocycles. The van der Waals surface area contributed by atoms with E-state index in [1.54, 1.807) is 6.08 Å². The Morgan fingerprint density at radius 3 is 1.92 bits per heavy atom. The first-order valence-corrected chi connectivity index (χ1v) is 8.16. The SMILES string of the molecule is C=CC=Cc1ccc(-c2ccc3cc4ccccc4cc3c2)cc1. The first-order valence-electron chi connectivity index (χ1n) is 8.16. The van der Waals surface area contributed by atoms with Crippen molar-refractivity contribution in [1.82, 2.24) is 0 Å². The molecule has 0 heterocycles. The molecule has 0 aliphatic carbocycles. The van der Waals surface area contributed by atoms with Gasteiger partial charge in [0, 0.05) is 0 Å². The Morgan fingerprint density at radius 2 is 1.21 bits per heavy atom. The second kappa shape index (κ2) is 6.17. The van der Waals surface area contributed by atoms with Crippen LogP contribution in [0.2, 0.25) is 0 Å². The van der Waals surface area contributed by atoms with Crippen molar-refractivity contribution >= 4 is 27.6 Å². The maximum Gasteiger partial charge on any atom is -0.0171 e. The van der Waals surface area contributed by atoms with Crippen LogP contribution in [-0.2, 0) is 0 Å². The number of benzene rings is 4. The van der Waals surface area contributed by atoms with Gasteiger partial charge >= 0.3 is 0 Å². The molecule has 4 aromatic carbocycles. The van der Waals surface area contributed by atoms with Crippen molar-refractivity contribution in [3.63, 3.8) is 0 Å². The van der Waals surface area contributed by atoms with Gasteiger partial charge in [-0.1, -0.05) is 85.5 Å². The highest BCUT2D eigenvalue weighted by molar-refractivity contribution is 5.99. The van der Waals surface area contributed by atoms with E-state index in [1.807, 2.05) is 6.08 Å². The number of rotatable bonds is 3. The summed E-state index contributed by atoms with van der Waals surface area (Å²) >= 11 is 0. The van der Waals surface area contributed by atoms with Gasteiger partial charge in [-0.15, -0.1) is 0 Å². The Labute approximate surface area is 142 Å². The smallest absolute Gasteiger partial charge is 0.0171 e. The van der Waals surface area contributed by atoms with Crippen molar-refractivity contribution in [3.8, 4) is 11.1 Å². The first-order chi connectivity index (χ1) is 11.8. The number of allylic oxidation sites excluding steroid dienone is 2. The molecule has 0 N–H and O–H groups in total. The molecule has 0 bridgehead atoms. The van der Waals surface area contributed by atoms with Gasteiger partial charge in [-0.2, -0.15) is 0 Å². The van der Waals surface area contributed by atoms with Gasteiger partial charge in [-0.05, 0) is 56.4 Å². The van der Waals surface area contributed by atoms with E-state index >= 15 is 0 Å². The molecular formula is C24H18. The maximum atomic E-state index is 3.70. The van der Waals surface area contributed by atoms with Crippen LogP contribution >= 0.6 is 0 Å². The molecular weight excluding hydrogens is 288 g/mol. The summed E-state index contributed by atoms with van der Waals surface area (Å²) < 4.78 is 0. The van der Waals surface area contributed by atoms with Gasteiger partial charge in [0.15, 0.2) is 0 Å². The van der Waals surface area contributed by atoms with Crippen LogP contribution in [-0.4, -0.2) is 0 Å². The Balaban J connectivity index is 1.77. The minimum absolute atomic E-state index is 1.19. The van der Waals surface area contributed by atoms with Gasteiger partial charge in [0.2, 0.25) is 0 Å². The van der Waals surface area contributed by atoms with Crippen LogP contribution in [0.4, 0.5) is 0 Å². The van der Waals surface area contributed by atoms with E-state index in [9.17, 15) is 0 Å². The third-order valence-corrected chi connectivity index (χ3v) is 4.37. The molecule has 0 unspecified atom stereocenters. The van der Waals surface area contributed by atoms with E-state index in [-0.39, 0.29) is 0 Å². The highest BCUT2D eigenvalue weighted by Crippen LogP contribution is 2.28. The van der Waals surface area contributed by atoms with Crippen LogP contribution in [0.3, 0.4) is 0 Å². The van der Waals surface area contributed by atoms with Crippen molar-refractivity contribution < 1.29 is 0 Å². The Kier molecular flexibility index (Phi) is 3.72. The molecule has 0 aliphatic rings. The highest BCUT2D eigenvalue weighted by Gasteiger charge is 2.02. The molecule has 0 aliphatic heterocycles. The van der Waals surface area contributed by atoms with Crippen LogP contribution in [0, 0.1) is 0 Å². The zero-order chi connectivity index (χ0) is 16.4. The monoisotopic (exact) mass is 306 g/mol. The summed E-state index contributed by atoms with van der Waals surface area (Å²) in [5.41, 5.74) is 3.67.